The monoisotopic (exact) mass is 412 g/mol. The molecule has 2 aromatic carbocycles. The van der Waals surface area contributed by atoms with Crippen molar-refractivity contribution in [2.75, 3.05) is 32.8 Å². The van der Waals surface area contributed by atoms with Crippen molar-refractivity contribution < 1.29 is 14.3 Å². The van der Waals surface area contributed by atoms with Crippen molar-refractivity contribution in [3.8, 4) is 5.75 Å². The van der Waals surface area contributed by atoms with Gasteiger partial charge >= 0.3 is 0 Å². The van der Waals surface area contributed by atoms with Gasteiger partial charge in [0.2, 0.25) is 0 Å². The number of carbonyl (C=O) groups excluding carboxylic acids is 2. The molecule has 0 spiro atoms. The Balaban J connectivity index is 1.28. The van der Waals surface area contributed by atoms with E-state index in [1.165, 1.54) is 12.8 Å². The van der Waals surface area contributed by atoms with E-state index in [4.69, 9.17) is 16.3 Å². The summed E-state index contributed by atoms with van der Waals surface area (Å²) in [7, 11) is 0. The molecular weight excluding hydrogens is 388 g/mol. The Kier molecular flexibility index (Phi) is 6.16. The van der Waals surface area contributed by atoms with Gasteiger partial charge in [-0.15, -0.1) is 0 Å². The van der Waals surface area contributed by atoms with Gasteiger partial charge in [-0.05, 0) is 80.9 Å². The van der Waals surface area contributed by atoms with Crippen molar-refractivity contribution in [2.45, 2.75) is 25.3 Å². The molecule has 6 heteroatoms. The van der Waals surface area contributed by atoms with Gasteiger partial charge in [-0.3, -0.25) is 14.5 Å². The molecule has 2 saturated heterocycles. The molecule has 2 fully saturated rings. The van der Waals surface area contributed by atoms with Gasteiger partial charge in [0, 0.05) is 35.3 Å². The van der Waals surface area contributed by atoms with Crippen LogP contribution in [0.4, 0.5) is 0 Å². The van der Waals surface area contributed by atoms with Crippen LogP contribution in [0.5, 0.6) is 5.75 Å². The van der Waals surface area contributed by atoms with E-state index in [9.17, 15) is 9.59 Å². The molecule has 0 bridgehead atoms. The van der Waals surface area contributed by atoms with E-state index in [0.29, 0.717) is 27.9 Å². The third kappa shape index (κ3) is 4.80. The van der Waals surface area contributed by atoms with E-state index in [1.807, 2.05) is 4.90 Å². The first-order valence-corrected chi connectivity index (χ1v) is 10.5. The Morgan fingerprint density at radius 1 is 0.931 bits per heavy atom. The summed E-state index contributed by atoms with van der Waals surface area (Å²) in [6.45, 7) is 3.94. The molecule has 2 aromatic rings. The molecule has 1 amide bonds. The number of amides is 1. The molecule has 2 heterocycles. The zero-order chi connectivity index (χ0) is 20.2. The minimum absolute atomic E-state index is 0.0213. The van der Waals surface area contributed by atoms with Gasteiger partial charge in [-0.2, -0.15) is 0 Å². The molecule has 1 atom stereocenters. The molecular formula is C23H25ClN2O3. The highest BCUT2D eigenvalue weighted by Crippen LogP contribution is 2.21. The second kappa shape index (κ2) is 8.97. The number of carbonyl (C=O) groups is 2. The lowest BCUT2D eigenvalue weighted by Gasteiger charge is -2.23. The maximum absolute atomic E-state index is 12.5. The maximum atomic E-state index is 12.5. The maximum Gasteiger partial charge on any atom is 0.260 e. The van der Waals surface area contributed by atoms with Crippen molar-refractivity contribution in [1.82, 2.24) is 9.80 Å². The van der Waals surface area contributed by atoms with Crippen molar-refractivity contribution in [1.29, 1.82) is 0 Å². The highest BCUT2D eigenvalue weighted by molar-refractivity contribution is 6.30. The van der Waals surface area contributed by atoms with E-state index >= 15 is 0 Å². The van der Waals surface area contributed by atoms with E-state index in [1.54, 1.807) is 48.5 Å². The lowest BCUT2D eigenvalue weighted by molar-refractivity contribution is -0.132. The fourth-order valence-electron chi connectivity index (χ4n) is 4.08. The topological polar surface area (TPSA) is 49.9 Å². The zero-order valence-electron chi connectivity index (χ0n) is 16.4. The van der Waals surface area contributed by atoms with Gasteiger partial charge in [0.1, 0.15) is 5.75 Å². The smallest absolute Gasteiger partial charge is 0.260 e. The Morgan fingerprint density at radius 3 is 2.21 bits per heavy atom. The number of ketones is 1. The number of nitrogens with zero attached hydrogens (tertiary/aromatic N) is 2. The van der Waals surface area contributed by atoms with Crippen LogP contribution in [0.3, 0.4) is 0 Å². The minimum Gasteiger partial charge on any atom is -0.484 e. The van der Waals surface area contributed by atoms with Gasteiger partial charge in [0.15, 0.2) is 12.4 Å². The van der Waals surface area contributed by atoms with Crippen molar-refractivity contribution in [2.24, 2.45) is 0 Å². The lowest BCUT2D eigenvalue weighted by Crippen LogP contribution is -2.38. The van der Waals surface area contributed by atoms with Crippen molar-refractivity contribution in [3.63, 3.8) is 0 Å². The zero-order valence-corrected chi connectivity index (χ0v) is 17.1. The summed E-state index contributed by atoms with van der Waals surface area (Å²) in [5.74, 6) is 0.531. The number of halogens is 1. The third-order valence-corrected chi connectivity index (χ3v) is 6.01. The molecule has 4 rings (SSSR count). The van der Waals surface area contributed by atoms with E-state index in [2.05, 4.69) is 4.90 Å². The van der Waals surface area contributed by atoms with Crippen LogP contribution in [0.2, 0.25) is 5.02 Å². The van der Waals surface area contributed by atoms with Crippen LogP contribution >= 0.6 is 11.6 Å². The fraction of sp³-hybridized carbons (Fsp3) is 0.391. The highest BCUT2D eigenvalue weighted by atomic mass is 35.5. The largest absolute Gasteiger partial charge is 0.484 e. The van der Waals surface area contributed by atoms with Gasteiger partial charge in [-0.1, -0.05) is 11.6 Å². The average Bonchev–Trinajstić information content (AvgIpc) is 3.44. The standard InChI is InChI=1S/C23H25ClN2O3/c24-19-7-3-17(4-8-19)23(28)18-5-9-21(10-6-18)29-16-22(27)26-14-11-20(15-26)25-12-1-2-13-25/h3-10,20H,1-2,11-16H2. The molecule has 2 aliphatic rings. The quantitative estimate of drug-likeness (QED) is 0.679. The molecule has 0 N–H and O–H groups in total. The normalized spacial score (nSPS) is 19.5. The Hall–Kier alpha value is -2.37. The van der Waals surface area contributed by atoms with Gasteiger partial charge in [0.05, 0.1) is 0 Å². The SMILES string of the molecule is O=C(c1ccc(Cl)cc1)c1ccc(OCC(=O)N2CCC(N3CCCC3)C2)cc1. The molecule has 0 aromatic heterocycles. The minimum atomic E-state index is -0.0747. The molecule has 0 saturated carbocycles. The van der Waals surface area contributed by atoms with Gasteiger partial charge in [-0.25, -0.2) is 0 Å². The van der Waals surface area contributed by atoms with Crippen molar-refractivity contribution >= 4 is 23.3 Å². The summed E-state index contributed by atoms with van der Waals surface area (Å²) in [5, 5.41) is 0.597. The van der Waals surface area contributed by atoms with E-state index in [0.717, 1.165) is 32.6 Å². The number of hydrogen-bond acceptors (Lipinski definition) is 4. The molecule has 152 valence electrons. The van der Waals surface area contributed by atoms with Crippen LogP contribution in [-0.4, -0.2) is 60.3 Å². The molecule has 29 heavy (non-hydrogen) atoms. The summed E-state index contributed by atoms with van der Waals surface area (Å²) >= 11 is 5.87. The first-order chi connectivity index (χ1) is 14.1. The second-order valence-electron chi connectivity index (χ2n) is 7.67. The molecule has 1 unspecified atom stereocenters. The predicted octanol–water partition coefficient (Wildman–Crippen LogP) is 3.65. The number of rotatable bonds is 6. The number of ether oxygens (including phenoxy) is 1. The van der Waals surface area contributed by atoms with Gasteiger partial charge in [0.25, 0.3) is 5.91 Å². The summed E-state index contributed by atoms with van der Waals surface area (Å²) < 4.78 is 5.66. The summed E-state index contributed by atoms with van der Waals surface area (Å²) in [4.78, 5) is 29.4. The van der Waals surface area contributed by atoms with E-state index in [-0.39, 0.29) is 18.3 Å². The second-order valence-corrected chi connectivity index (χ2v) is 8.11. The Labute approximate surface area is 176 Å². The van der Waals surface area contributed by atoms with E-state index < -0.39 is 0 Å². The first-order valence-electron chi connectivity index (χ1n) is 10.1. The molecule has 2 aliphatic heterocycles. The first kappa shape index (κ1) is 19.9. The third-order valence-electron chi connectivity index (χ3n) is 5.76. The molecule has 0 aliphatic carbocycles. The van der Waals surface area contributed by atoms with Crippen LogP contribution in [0.1, 0.15) is 35.2 Å². The van der Waals surface area contributed by atoms with Crippen LogP contribution in [-0.2, 0) is 4.79 Å². The lowest BCUT2D eigenvalue weighted by atomic mass is 10.0. The van der Waals surface area contributed by atoms with Crippen LogP contribution in [0.25, 0.3) is 0 Å². The fourth-order valence-corrected chi connectivity index (χ4v) is 4.21. The number of benzene rings is 2. The summed E-state index contributed by atoms with van der Waals surface area (Å²) in [6, 6.07) is 14.2. The number of likely N-dealkylation sites (tertiary alicyclic amines) is 2. The van der Waals surface area contributed by atoms with Crippen molar-refractivity contribution in [3.05, 3.63) is 64.7 Å². The highest BCUT2D eigenvalue weighted by Gasteiger charge is 2.31. The summed E-state index contributed by atoms with van der Waals surface area (Å²) in [6.07, 6.45) is 3.58. The van der Waals surface area contributed by atoms with Crippen LogP contribution < -0.4 is 4.74 Å². The Bertz CT molecular complexity index is 861. The predicted molar refractivity (Wildman–Crippen MR) is 113 cm³/mol. The molecule has 5 nitrogen and oxygen atoms in total. The number of hydrogen-bond donors (Lipinski definition) is 0. The summed E-state index contributed by atoms with van der Waals surface area (Å²) in [5.41, 5.74) is 1.15. The van der Waals surface area contributed by atoms with Crippen LogP contribution in [0.15, 0.2) is 48.5 Å². The Morgan fingerprint density at radius 2 is 1.55 bits per heavy atom. The molecule has 0 radical (unpaired) electrons. The van der Waals surface area contributed by atoms with Gasteiger partial charge < -0.3 is 9.64 Å². The van der Waals surface area contributed by atoms with Crippen LogP contribution in [0, 0.1) is 0 Å². The average molecular weight is 413 g/mol.